The maximum absolute atomic E-state index is 13.0. The molecule has 0 aromatic heterocycles. The highest BCUT2D eigenvalue weighted by Crippen LogP contribution is 2.32. The zero-order chi connectivity index (χ0) is 21.7. The van der Waals surface area contributed by atoms with E-state index in [4.69, 9.17) is 5.26 Å². The molecule has 1 N–H and O–H groups in total. The van der Waals surface area contributed by atoms with Gasteiger partial charge in [0.15, 0.2) is 0 Å². The van der Waals surface area contributed by atoms with Gasteiger partial charge in [0, 0.05) is 31.7 Å². The van der Waals surface area contributed by atoms with Gasteiger partial charge in [-0.05, 0) is 55.3 Å². The number of amides is 1. The van der Waals surface area contributed by atoms with Crippen LogP contribution in [0.25, 0.3) is 0 Å². The molecular formula is C22H26N4O3S. The summed E-state index contributed by atoms with van der Waals surface area (Å²) in [5.41, 5.74) is 2.16. The predicted octanol–water partition coefficient (Wildman–Crippen LogP) is 3.44. The van der Waals surface area contributed by atoms with Gasteiger partial charge in [-0.3, -0.25) is 4.79 Å². The molecule has 1 saturated heterocycles. The molecule has 8 heteroatoms. The number of nitrogens with zero attached hydrogens (tertiary/aromatic N) is 3. The number of nitrogens with one attached hydrogen (secondary N) is 1. The molecule has 1 heterocycles. The number of carbonyl (C=O) groups excluding carboxylic acids is 1. The highest BCUT2D eigenvalue weighted by Gasteiger charge is 2.25. The maximum atomic E-state index is 13.0. The molecule has 2 aromatic rings. The molecule has 0 unspecified atom stereocenters. The van der Waals surface area contributed by atoms with Crippen LogP contribution in [0, 0.1) is 11.3 Å². The lowest BCUT2D eigenvalue weighted by molar-refractivity contribution is 0.102. The quantitative estimate of drug-likeness (QED) is 0.732. The summed E-state index contributed by atoms with van der Waals surface area (Å²) in [6.45, 7) is 6.07. The van der Waals surface area contributed by atoms with Gasteiger partial charge in [-0.1, -0.05) is 13.8 Å². The van der Waals surface area contributed by atoms with Crippen molar-refractivity contribution in [1.82, 2.24) is 4.31 Å². The number of hydrogen-bond donors (Lipinski definition) is 1. The Labute approximate surface area is 178 Å². The molecule has 0 radical (unpaired) electrons. The average molecular weight is 427 g/mol. The van der Waals surface area contributed by atoms with Gasteiger partial charge in [-0.25, -0.2) is 8.42 Å². The minimum atomic E-state index is -3.65. The van der Waals surface area contributed by atoms with Crippen LogP contribution in [-0.4, -0.2) is 44.8 Å². The Balaban J connectivity index is 1.98. The summed E-state index contributed by atoms with van der Waals surface area (Å²) in [4.78, 5) is 15.1. The Morgan fingerprint density at radius 3 is 2.30 bits per heavy atom. The van der Waals surface area contributed by atoms with Crippen LogP contribution >= 0.6 is 0 Å². The number of nitriles is 1. The fraction of sp³-hybridized carbons (Fsp3) is 0.364. The van der Waals surface area contributed by atoms with Crippen molar-refractivity contribution in [3.8, 4) is 6.07 Å². The summed E-state index contributed by atoms with van der Waals surface area (Å²) >= 11 is 0. The third kappa shape index (κ3) is 4.48. The van der Waals surface area contributed by atoms with Crippen LogP contribution in [0.5, 0.6) is 0 Å². The first kappa shape index (κ1) is 21.8. The van der Waals surface area contributed by atoms with Crippen LogP contribution in [0.1, 0.15) is 42.6 Å². The smallest absolute Gasteiger partial charge is 0.255 e. The van der Waals surface area contributed by atoms with Crippen LogP contribution in [0.2, 0.25) is 0 Å². The molecule has 1 fully saturated rings. The van der Waals surface area contributed by atoms with Crippen molar-refractivity contribution in [2.75, 3.05) is 36.4 Å². The third-order valence-electron chi connectivity index (χ3n) is 5.28. The fourth-order valence-corrected chi connectivity index (χ4v) is 5.10. The van der Waals surface area contributed by atoms with E-state index in [1.165, 1.54) is 4.31 Å². The van der Waals surface area contributed by atoms with E-state index in [2.05, 4.69) is 10.2 Å². The van der Waals surface area contributed by atoms with Crippen molar-refractivity contribution in [2.24, 2.45) is 0 Å². The number of benzene rings is 2. The van der Waals surface area contributed by atoms with Crippen molar-refractivity contribution < 1.29 is 13.2 Å². The van der Waals surface area contributed by atoms with Crippen LogP contribution in [-0.2, 0) is 10.0 Å². The van der Waals surface area contributed by atoms with Crippen LogP contribution in [0.4, 0.5) is 11.4 Å². The first-order valence-electron chi connectivity index (χ1n) is 10.1. The summed E-state index contributed by atoms with van der Waals surface area (Å²) in [5.74, 6) is -0.350. The number of carbonyl (C=O) groups is 1. The Morgan fingerprint density at radius 2 is 1.73 bits per heavy atom. The molecule has 0 saturated carbocycles. The van der Waals surface area contributed by atoms with Gasteiger partial charge >= 0.3 is 0 Å². The predicted molar refractivity (Wildman–Crippen MR) is 117 cm³/mol. The summed E-state index contributed by atoms with van der Waals surface area (Å²) in [5, 5.41) is 11.8. The largest absolute Gasteiger partial charge is 0.370 e. The average Bonchev–Trinajstić information content (AvgIpc) is 3.29. The van der Waals surface area contributed by atoms with Gasteiger partial charge in [-0.15, -0.1) is 0 Å². The van der Waals surface area contributed by atoms with Gasteiger partial charge in [0.1, 0.15) is 0 Å². The Bertz CT molecular complexity index is 1050. The van der Waals surface area contributed by atoms with E-state index < -0.39 is 10.0 Å². The number of hydrogen-bond acceptors (Lipinski definition) is 5. The molecule has 7 nitrogen and oxygen atoms in total. The molecule has 3 rings (SSSR count). The van der Waals surface area contributed by atoms with Gasteiger partial charge in [0.25, 0.3) is 5.91 Å². The van der Waals surface area contributed by atoms with E-state index in [1.807, 2.05) is 6.07 Å². The molecule has 2 aromatic carbocycles. The Kier molecular flexibility index (Phi) is 6.75. The van der Waals surface area contributed by atoms with Crippen molar-refractivity contribution in [2.45, 2.75) is 31.6 Å². The van der Waals surface area contributed by atoms with E-state index in [1.54, 1.807) is 56.3 Å². The standard InChI is InChI=1S/C22H26N4O3S/c1-3-26(4-2)30(28,29)19-11-12-21(25-13-5-6-14-25)20(15-19)24-22(27)18-9-7-17(16-23)8-10-18/h7-12,15H,3-6,13-14H2,1-2H3,(H,24,27). The summed E-state index contributed by atoms with van der Waals surface area (Å²) in [6, 6.07) is 13.3. The summed E-state index contributed by atoms with van der Waals surface area (Å²) in [6.07, 6.45) is 2.12. The van der Waals surface area contributed by atoms with Crippen molar-refractivity contribution >= 4 is 27.3 Å². The molecule has 0 aliphatic carbocycles. The minimum absolute atomic E-state index is 0.157. The van der Waals surface area contributed by atoms with Crippen molar-refractivity contribution in [3.63, 3.8) is 0 Å². The summed E-state index contributed by atoms with van der Waals surface area (Å²) in [7, 11) is -3.65. The SMILES string of the molecule is CCN(CC)S(=O)(=O)c1ccc(N2CCCC2)c(NC(=O)c2ccc(C#N)cc2)c1. The zero-order valence-corrected chi connectivity index (χ0v) is 18.1. The van der Waals surface area contributed by atoms with Gasteiger partial charge < -0.3 is 10.2 Å². The first-order valence-corrected chi connectivity index (χ1v) is 11.5. The van der Waals surface area contributed by atoms with Crippen molar-refractivity contribution in [3.05, 3.63) is 53.6 Å². The summed E-state index contributed by atoms with van der Waals surface area (Å²) < 4.78 is 27.3. The molecule has 158 valence electrons. The van der Waals surface area contributed by atoms with Crippen LogP contribution < -0.4 is 10.2 Å². The second kappa shape index (κ2) is 9.28. The molecular weight excluding hydrogens is 400 g/mol. The van der Waals surface area contributed by atoms with Crippen LogP contribution in [0.3, 0.4) is 0 Å². The van der Waals surface area contributed by atoms with E-state index in [9.17, 15) is 13.2 Å². The second-order valence-electron chi connectivity index (χ2n) is 7.11. The van der Waals surface area contributed by atoms with E-state index in [-0.39, 0.29) is 10.8 Å². The maximum Gasteiger partial charge on any atom is 0.255 e. The van der Waals surface area contributed by atoms with E-state index >= 15 is 0 Å². The second-order valence-corrected chi connectivity index (χ2v) is 9.04. The fourth-order valence-electron chi connectivity index (χ4n) is 3.61. The zero-order valence-electron chi connectivity index (χ0n) is 17.3. The Hall–Kier alpha value is -2.89. The first-order chi connectivity index (χ1) is 14.4. The molecule has 30 heavy (non-hydrogen) atoms. The normalized spacial score (nSPS) is 14.0. The highest BCUT2D eigenvalue weighted by molar-refractivity contribution is 7.89. The molecule has 1 aliphatic heterocycles. The highest BCUT2D eigenvalue weighted by atomic mass is 32.2. The number of anilines is 2. The molecule has 0 spiro atoms. The topological polar surface area (TPSA) is 93.5 Å². The monoisotopic (exact) mass is 426 g/mol. The lowest BCUT2D eigenvalue weighted by Gasteiger charge is -2.24. The van der Waals surface area contributed by atoms with E-state index in [0.29, 0.717) is 29.9 Å². The minimum Gasteiger partial charge on any atom is -0.370 e. The lowest BCUT2D eigenvalue weighted by atomic mass is 10.1. The van der Waals surface area contributed by atoms with Gasteiger partial charge in [-0.2, -0.15) is 9.57 Å². The molecule has 1 amide bonds. The Morgan fingerprint density at radius 1 is 1.10 bits per heavy atom. The number of rotatable bonds is 7. The van der Waals surface area contributed by atoms with Crippen molar-refractivity contribution in [1.29, 1.82) is 5.26 Å². The molecule has 1 aliphatic rings. The third-order valence-corrected chi connectivity index (χ3v) is 7.33. The van der Waals surface area contributed by atoms with Gasteiger partial charge in [0.05, 0.1) is 27.9 Å². The molecule has 0 atom stereocenters. The molecule has 0 bridgehead atoms. The van der Waals surface area contributed by atoms with Gasteiger partial charge in [0.2, 0.25) is 10.0 Å². The van der Waals surface area contributed by atoms with Crippen LogP contribution in [0.15, 0.2) is 47.4 Å². The number of sulfonamides is 1. The lowest BCUT2D eigenvalue weighted by Crippen LogP contribution is -2.31. The van der Waals surface area contributed by atoms with E-state index in [0.717, 1.165) is 31.6 Å².